The highest BCUT2D eigenvalue weighted by Gasteiger charge is 2.17. The molecule has 0 radical (unpaired) electrons. The lowest BCUT2D eigenvalue weighted by Crippen LogP contribution is -2.34. The lowest BCUT2D eigenvalue weighted by atomic mass is 10.2. The molecule has 3 heteroatoms. The molecular weight excluding hydrogens is 168 g/mol. The molecule has 1 rings (SSSR count). The van der Waals surface area contributed by atoms with Crippen LogP contribution >= 0.6 is 11.8 Å². The molecule has 12 heavy (non-hydrogen) atoms. The van der Waals surface area contributed by atoms with Crippen LogP contribution in [0, 0.1) is 0 Å². The third-order valence-electron chi connectivity index (χ3n) is 2.45. The number of likely N-dealkylation sites (N-methyl/N-ethyl adjacent to an activating group) is 1. The van der Waals surface area contributed by atoms with Crippen LogP contribution in [0.4, 0.5) is 0 Å². The van der Waals surface area contributed by atoms with E-state index < -0.39 is 0 Å². The summed E-state index contributed by atoms with van der Waals surface area (Å²) in [6.45, 7) is 5.86. The first-order valence-electron chi connectivity index (χ1n) is 4.83. The number of nitrogens with one attached hydrogen (secondary N) is 1. The molecule has 1 atom stereocenters. The van der Waals surface area contributed by atoms with Gasteiger partial charge in [-0.2, -0.15) is 11.8 Å². The summed E-state index contributed by atoms with van der Waals surface area (Å²) in [5.74, 6) is 2.53. The van der Waals surface area contributed by atoms with Gasteiger partial charge in [0.1, 0.15) is 0 Å². The van der Waals surface area contributed by atoms with Crippen molar-refractivity contribution in [2.75, 3.05) is 38.2 Å². The van der Waals surface area contributed by atoms with E-state index in [0.717, 1.165) is 6.04 Å². The zero-order valence-electron chi connectivity index (χ0n) is 8.18. The molecule has 72 valence electrons. The molecule has 1 aliphatic heterocycles. The van der Waals surface area contributed by atoms with Gasteiger partial charge in [0.25, 0.3) is 0 Å². The van der Waals surface area contributed by atoms with Crippen molar-refractivity contribution in [3.8, 4) is 0 Å². The first-order chi connectivity index (χ1) is 5.84. The summed E-state index contributed by atoms with van der Waals surface area (Å²) >= 11 is 2.03. The van der Waals surface area contributed by atoms with Crippen molar-refractivity contribution < 1.29 is 0 Å². The van der Waals surface area contributed by atoms with Gasteiger partial charge in [-0.25, -0.2) is 0 Å². The summed E-state index contributed by atoms with van der Waals surface area (Å²) in [5.41, 5.74) is 0. The van der Waals surface area contributed by atoms with Gasteiger partial charge in [-0.05, 0) is 25.8 Å². The standard InChI is InChI=1S/C9H20N2S/c1-3-12-7-6-11(2)9-4-5-10-8-9/h9-10H,3-8H2,1-2H3. The Hall–Kier alpha value is 0.270. The Balaban J connectivity index is 2.05. The molecule has 0 amide bonds. The molecule has 1 fully saturated rings. The van der Waals surface area contributed by atoms with Crippen molar-refractivity contribution in [2.45, 2.75) is 19.4 Å². The number of thioether (sulfide) groups is 1. The quantitative estimate of drug-likeness (QED) is 0.649. The number of rotatable bonds is 5. The molecule has 0 bridgehead atoms. The lowest BCUT2D eigenvalue weighted by molar-refractivity contribution is 0.273. The van der Waals surface area contributed by atoms with Crippen LogP contribution < -0.4 is 5.32 Å². The summed E-state index contributed by atoms with van der Waals surface area (Å²) in [5, 5.41) is 3.40. The van der Waals surface area contributed by atoms with Gasteiger partial charge in [0.15, 0.2) is 0 Å². The Kier molecular flexibility index (Phi) is 5.04. The minimum Gasteiger partial charge on any atom is -0.315 e. The van der Waals surface area contributed by atoms with Gasteiger partial charge in [-0.3, -0.25) is 0 Å². The number of nitrogens with zero attached hydrogens (tertiary/aromatic N) is 1. The summed E-state index contributed by atoms with van der Waals surface area (Å²) < 4.78 is 0. The molecule has 1 N–H and O–H groups in total. The Labute approximate surface area is 80.1 Å². The number of hydrogen-bond donors (Lipinski definition) is 1. The van der Waals surface area contributed by atoms with E-state index >= 15 is 0 Å². The summed E-state index contributed by atoms with van der Waals surface area (Å²) in [7, 11) is 2.24. The van der Waals surface area contributed by atoms with E-state index in [2.05, 4.69) is 24.2 Å². The van der Waals surface area contributed by atoms with E-state index in [1.807, 2.05) is 11.8 Å². The molecule has 1 unspecified atom stereocenters. The molecule has 1 aliphatic rings. The van der Waals surface area contributed by atoms with Gasteiger partial charge in [-0.15, -0.1) is 0 Å². The maximum Gasteiger partial charge on any atom is 0.0230 e. The fourth-order valence-corrected chi connectivity index (χ4v) is 2.26. The summed E-state index contributed by atoms with van der Waals surface area (Å²) in [4.78, 5) is 2.49. The highest BCUT2D eigenvalue weighted by Crippen LogP contribution is 2.07. The molecule has 1 saturated heterocycles. The lowest BCUT2D eigenvalue weighted by Gasteiger charge is -2.22. The van der Waals surface area contributed by atoms with Crippen molar-refractivity contribution in [3.63, 3.8) is 0 Å². The van der Waals surface area contributed by atoms with Crippen molar-refractivity contribution in [3.05, 3.63) is 0 Å². The predicted molar refractivity (Wildman–Crippen MR) is 56.9 cm³/mol. The minimum atomic E-state index is 0.794. The normalized spacial score (nSPS) is 23.8. The van der Waals surface area contributed by atoms with E-state index in [9.17, 15) is 0 Å². The van der Waals surface area contributed by atoms with Crippen molar-refractivity contribution in [1.29, 1.82) is 0 Å². The van der Waals surface area contributed by atoms with Crippen LogP contribution in [0.25, 0.3) is 0 Å². The monoisotopic (exact) mass is 188 g/mol. The Bertz CT molecular complexity index is 113. The fourth-order valence-electron chi connectivity index (χ4n) is 1.55. The van der Waals surface area contributed by atoms with Crippen LogP contribution in [0.3, 0.4) is 0 Å². The maximum absolute atomic E-state index is 3.40. The molecule has 0 aromatic carbocycles. The largest absolute Gasteiger partial charge is 0.315 e. The third-order valence-corrected chi connectivity index (χ3v) is 3.33. The summed E-state index contributed by atoms with van der Waals surface area (Å²) in [6.07, 6.45) is 1.33. The van der Waals surface area contributed by atoms with Crippen LogP contribution in [0.15, 0.2) is 0 Å². The van der Waals surface area contributed by atoms with Gasteiger partial charge in [0.2, 0.25) is 0 Å². The minimum absolute atomic E-state index is 0.794. The molecular formula is C9H20N2S. The first kappa shape index (κ1) is 10.4. The molecule has 2 nitrogen and oxygen atoms in total. The average Bonchev–Trinajstić information content (AvgIpc) is 2.56. The van der Waals surface area contributed by atoms with Crippen molar-refractivity contribution in [2.24, 2.45) is 0 Å². The average molecular weight is 188 g/mol. The van der Waals surface area contributed by atoms with Gasteiger partial charge >= 0.3 is 0 Å². The molecule has 0 spiro atoms. The van der Waals surface area contributed by atoms with Crippen LogP contribution in [0.2, 0.25) is 0 Å². The Morgan fingerprint density at radius 1 is 1.58 bits per heavy atom. The second-order valence-electron chi connectivity index (χ2n) is 3.32. The van der Waals surface area contributed by atoms with Crippen molar-refractivity contribution >= 4 is 11.8 Å². The molecule has 0 aromatic rings. The maximum atomic E-state index is 3.40. The molecule has 0 aliphatic carbocycles. The van der Waals surface area contributed by atoms with Crippen molar-refractivity contribution in [1.82, 2.24) is 10.2 Å². The zero-order valence-corrected chi connectivity index (χ0v) is 8.99. The van der Waals surface area contributed by atoms with E-state index in [1.165, 1.54) is 37.6 Å². The van der Waals surface area contributed by atoms with Crippen LogP contribution in [-0.4, -0.2) is 49.1 Å². The molecule has 1 heterocycles. The number of hydrogen-bond acceptors (Lipinski definition) is 3. The van der Waals surface area contributed by atoms with E-state index in [-0.39, 0.29) is 0 Å². The van der Waals surface area contributed by atoms with Gasteiger partial charge in [-0.1, -0.05) is 6.92 Å². The fraction of sp³-hybridized carbons (Fsp3) is 1.00. The predicted octanol–water partition coefficient (Wildman–Crippen LogP) is 1.03. The van der Waals surface area contributed by atoms with Crippen LogP contribution in [-0.2, 0) is 0 Å². The summed E-state index contributed by atoms with van der Waals surface area (Å²) in [6, 6.07) is 0.794. The highest BCUT2D eigenvalue weighted by molar-refractivity contribution is 7.99. The SMILES string of the molecule is CCSCCN(C)C1CCNC1. The molecule has 0 saturated carbocycles. The van der Waals surface area contributed by atoms with Gasteiger partial charge < -0.3 is 10.2 Å². The van der Waals surface area contributed by atoms with Gasteiger partial charge in [0, 0.05) is 24.9 Å². The zero-order chi connectivity index (χ0) is 8.81. The van der Waals surface area contributed by atoms with Crippen LogP contribution in [0.5, 0.6) is 0 Å². The van der Waals surface area contributed by atoms with E-state index in [4.69, 9.17) is 0 Å². The molecule has 0 aromatic heterocycles. The second-order valence-corrected chi connectivity index (χ2v) is 4.72. The Morgan fingerprint density at radius 3 is 3.00 bits per heavy atom. The smallest absolute Gasteiger partial charge is 0.0230 e. The second kappa shape index (κ2) is 5.84. The highest BCUT2D eigenvalue weighted by atomic mass is 32.2. The topological polar surface area (TPSA) is 15.3 Å². The van der Waals surface area contributed by atoms with Crippen LogP contribution in [0.1, 0.15) is 13.3 Å². The van der Waals surface area contributed by atoms with E-state index in [1.54, 1.807) is 0 Å². The Morgan fingerprint density at radius 2 is 2.42 bits per heavy atom. The first-order valence-corrected chi connectivity index (χ1v) is 5.98. The van der Waals surface area contributed by atoms with Gasteiger partial charge in [0.05, 0.1) is 0 Å². The third kappa shape index (κ3) is 3.33. The van der Waals surface area contributed by atoms with E-state index in [0.29, 0.717) is 0 Å².